The summed E-state index contributed by atoms with van der Waals surface area (Å²) in [5, 5.41) is 2.86. The summed E-state index contributed by atoms with van der Waals surface area (Å²) in [5.41, 5.74) is 2.58. The van der Waals surface area contributed by atoms with Gasteiger partial charge in [-0.15, -0.1) is 22.9 Å². The summed E-state index contributed by atoms with van der Waals surface area (Å²) < 4.78 is 0. The number of rotatable bonds is 2. The average Bonchev–Trinajstić information content (AvgIpc) is 2.67. The number of aryl methyl sites for hydroxylation is 1. The highest BCUT2D eigenvalue weighted by Crippen LogP contribution is 2.22. The third-order valence-electron chi connectivity index (χ3n) is 1.79. The Bertz CT molecular complexity index is 441. The van der Waals surface area contributed by atoms with E-state index in [1.54, 1.807) is 23.7 Å². The fourth-order valence-corrected chi connectivity index (χ4v) is 2.01. The van der Waals surface area contributed by atoms with E-state index in [2.05, 4.69) is 15.0 Å². The molecule has 0 saturated carbocycles. The minimum absolute atomic E-state index is 0.448. The molecule has 0 aliphatic heterocycles. The summed E-state index contributed by atoms with van der Waals surface area (Å²) >= 11 is 7.22. The molecule has 14 heavy (non-hydrogen) atoms. The van der Waals surface area contributed by atoms with Gasteiger partial charge < -0.3 is 0 Å². The van der Waals surface area contributed by atoms with Gasteiger partial charge >= 0.3 is 0 Å². The Morgan fingerprint density at radius 3 is 2.79 bits per heavy atom. The van der Waals surface area contributed by atoms with Gasteiger partial charge in [0.1, 0.15) is 16.4 Å². The largest absolute Gasteiger partial charge is 0.258 e. The van der Waals surface area contributed by atoms with Gasteiger partial charge in [0.15, 0.2) is 0 Å². The van der Waals surface area contributed by atoms with Gasteiger partial charge in [0, 0.05) is 17.8 Å². The van der Waals surface area contributed by atoms with Crippen molar-refractivity contribution >= 4 is 22.9 Å². The van der Waals surface area contributed by atoms with Crippen molar-refractivity contribution in [2.24, 2.45) is 0 Å². The molecule has 0 saturated heterocycles. The van der Waals surface area contributed by atoms with Gasteiger partial charge in [-0.2, -0.15) is 0 Å². The van der Waals surface area contributed by atoms with Gasteiger partial charge in [-0.05, 0) is 6.92 Å². The van der Waals surface area contributed by atoms with E-state index in [1.807, 2.05) is 12.3 Å². The van der Waals surface area contributed by atoms with E-state index < -0.39 is 0 Å². The van der Waals surface area contributed by atoms with Gasteiger partial charge in [-0.3, -0.25) is 9.97 Å². The van der Waals surface area contributed by atoms with Crippen LogP contribution in [-0.4, -0.2) is 15.0 Å². The van der Waals surface area contributed by atoms with Crippen molar-refractivity contribution in [1.29, 1.82) is 0 Å². The first-order valence-corrected chi connectivity index (χ1v) is 5.51. The van der Waals surface area contributed by atoms with Crippen LogP contribution in [0.15, 0.2) is 17.8 Å². The number of thiazole rings is 1. The first-order valence-electron chi connectivity index (χ1n) is 4.09. The predicted octanol–water partition coefficient (Wildman–Crippen LogP) is 2.65. The normalized spacial score (nSPS) is 10.4. The fourth-order valence-electron chi connectivity index (χ4n) is 1.14. The number of hydrogen-bond acceptors (Lipinski definition) is 4. The molecule has 5 heteroatoms. The Balaban J connectivity index is 2.44. The van der Waals surface area contributed by atoms with Crippen LogP contribution in [0.1, 0.15) is 10.7 Å². The molecule has 2 aromatic rings. The summed E-state index contributed by atoms with van der Waals surface area (Å²) in [6.07, 6.45) is 3.34. The molecular formula is C9H8ClN3S. The molecule has 0 amide bonds. The van der Waals surface area contributed by atoms with Crippen LogP contribution in [0.4, 0.5) is 0 Å². The molecule has 2 rings (SSSR count). The maximum atomic E-state index is 5.68. The molecule has 0 unspecified atom stereocenters. The monoisotopic (exact) mass is 225 g/mol. The van der Waals surface area contributed by atoms with Crippen LogP contribution in [-0.2, 0) is 5.88 Å². The molecule has 2 heterocycles. The van der Waals surface area contributed by atoms with Crippen molar-refractivity contribution in [3.63, 3.8) is 0 Å². The smallest absolute Gasteiger partial charge is 0.111 e. The number of hydrogen-bond donors (Lipinski definition) is 0. The Labute approximate surface area is 90.8 Å². The van der Waals surface area contributed by atoms with Crippen molar-refractivity contribution in [1.82, 2.24) is 15.0 Å². The molecule has 0 radical (unpaired) electrons. The van der Waals surface area contributed by atoms with Gasteiger partial charge in [0.05, 0.1) is 11.6 Å². The van der Waals surface area contributed by atoms with Gasteiger partial charge in [-0.1, -0.05) is 0 Å². The molecule has 0 bridgehead atoms. The van der Waals surface area contributed by atoms with E-state index in [0.29, 0.717) is 5.88 Å². The molecule has 3 nitrogen and oxygen atoms in total. The van der Waals surface area contributed by atoms with Crippen LogP contribution in [0.25, 0.3) is 11.4 Å². The lowest BCUT2D eigenvalue weighted by Crippen LogP contribution is -1.90. The summed E-state index contributed by atoms with van der Waals surface area (Å²) in [6, 6.07) is 0. The Morgan fingerprint density at radius 1 is 1.36 bits per heavy atom. The molecule has 0 atom stereocenters. The highest BCUT2D eigenvalue weighted by Gasteiger charge is 2.07. The minimum atomic E-state index is 0.448. The molecule has 0 spiro atoms. The predicted molar refractivity (Wildman–Crippen MR) is 57.4 cm³/mol. The number of aromatic nitrogens is 3. The molecule has 0 aliphatic rings. The van der Waals surface area contributed by atoms with Crippen LogP contribution in [0.2, 0.25) is 0 Å². The lowest BCUT2D eigenvalue weighted by Gasteiger charge is -1.97. The SMILES string of the molecule is Cc1nccnc1-c1csc(CCl)n1. The molecule has 0 aromatic carbocycles. The Morgan fingerprint density at radius 2 is 2.14 bits per heavy atom. The number of alkyl halides is 1. The van der Waals surface area contributed by atoms with E-state index >= 15 is 0 Å². The lowest BCUT2D eigenvalue weighted by atomic mass is 10.3. The van der Waals surface area contributed by atoms with Crippen molar-refractivity contribution in [2.75, 3.05) is 0 Å². The molecule has 2 aromatic heterocycles. The van der Waals surface area contributed by atoms with E-state index in [9.17, 15) is 0 Å². The third-order valence-corrected chi connectivity index (χ3v) is 3.05. The van der Waals surface area contributed by atoms with Crippen molar-refractivity contribution in [3.8, 4) is 11.4 Å². The zero-order chi connectivity index (χ0) is 9.97. The second kappa shape index (κ2) is 4.02. The van der Waals surface area contributed by atoms with Crippen LogP contribution >= 0.6 is 22.9 Å². The number of halogens is 1. The van der Waals surface area contributed by atoms with Gasteiger partial charge in [-0.25, -0.2) is 4.98 Å². The minimum Gasteiger partial charge on any atom is -0.258 e. The Hall–Kier alpha value is -1.00. The molecular weight excluding hydrogens is 218 g/mol. The summed E-state index contributed by atoms with van der Waals surface area (Å²) in [4.78, 5) is 12.7. The van der Waals surface area contributed by atoms with Gasteiger partial charge in [0.2, 0.25) is 0 Å². The topological polar surface area (TPSA) is 38.7 Å². The van der Waals surface area contributed by atoms with Crippen LogP contribution in [0.5, 0.6) is 0 Å². The van der Waals surface area contributed by atoms with Crippen molar-refractivity contribution in [2.45, 2.75) is 12.8 Å². The van der Waals surface area contributed by atoms with E-state index in [1.165, 1.54) is 0 Å². The van der Waals surface area contributed by atoms with E-state index in [4.69, 9.17) is 11.6 Å². The summed E-state index contributed by atoms with van der Waals surface area (Å²) in [5.74, 6) is 0.448. The standard InChI is InChI=1S/C9H8ClN3S/c1-6-9(12-3-2-11-6)7-5-14-8(4-10)13-7/h2-3,5H,4H2,1H3. The summed E-state index contributed by atoms with van der Waals surface area (Å²) in [6.45, 7) is 1.92. The first-order chi connectivity index (χ1) is 6.81. The van der Waals surface area contributed by atoms with E-state index in [-0.39, 0.29) is 0 Å². The van der Waals surface area contributed by atoms with Crippen molar-refractivity contribution in [3.05, 3.63) is 28.5 Å². The second-order valence-electron chi connectivity index (χ2n) is 2.75. The van der Waals surface area contributed by atoms with Gasteiger partial charge in [0.25, 0.3) is 0 Å². The van der Waals surface area contributed by atoms with Crippen LogP contribution in [0, 0.1) is 6.92 Å². The zero-order valence-corrected chi connectivity index (χ0v) is 9.14. The maximum absolute atomic E-state index is 5.68. The molecule has 72 valence electrons. The molecule has 0 aliphatic carbocycles. The van der Waals surface area contributed by atoms with Crippen molar-refractivity contribution < 1.29 is 0 Å². The first kappa shape index (κ1) is 9.55. The second-order valence-corrected chi connectivity index (χ2v) is 3.96. The number of nitrogens with zero attached hydrogens (tertiary/aromatic N) is 3. The quantitative estimate of drug-likeness (QED) is 0.738. The van der Waals surface area contributed by atoms with Crippen LogP contribution in [0.3, 0.4) is 0 Å². The lowest BCUT2D eigenvalue weighted by molar-refractivity contribution is 1.11. The summed E-state index contributed by atoms with van der Waals surface area (Å²) in [7, 11) is 0. The zero-order valence-electron chi connectivity index (χ0n) is 7.57. The fraction of sp³-hybridized carbons (Fsp3) is 0.222. The highest BCUT2D eigenvalue weighted by molar-refractivity contribution is 7.10. The Kier molecular flexibility index (Phi) is 2.74. The average molecular weight is 226 g/mol. The van der Waals surface area contributed by atoms with Crippen LogP contribution < -0.4 is 0 Å². The third kappa shape index (κ3) is 1.76. The molecule has 0 fully saturated rings. The maximum Gasteiger partial charge on any atom is 0.111 e. The highest BCUT2D eigenvalue weighted by atomic mass is 35.5. The molecule has 0 N–H and O–H groups in total. The van der Waals surface area contributed by atoms with E-state index in [0.717, 1.165) is 22.1 Å².